The first-order chi connectivity index (χ1) is 25.7. The summed E-state index contributed by atoms with van der Waals surface area (Å²) < 4.78 is 33.3. The van der Waals surface area contributed by atoms with Crippen molar-refractivity contribution in [3.05, 3.63) is 36.5 Å². The van der Waals surface area contributed by atoms with E-state index in [0.717, 1.165) is 64.2 Å². The zero-order valence-electron chi connectivity index (χ0n) is 33.6. The predicted molar refractivity (Wildman–Crippen MR) is 217 cm³/mol. The van der Waals surface area contributed by atoms with Gasteiger partial charge in [-0.1, -0.05) is 166 Å². The fraction of sp³-hybridized carbons (Fsp3) is 0.810. The van der Waals surface area contributed by atoms with Gasteiger partial charge >= 0.3 is 19.8 Å². The third-order valence-corrected chi connectivity index (χ3v) is 9.88. The number of carbonyl (C=O) groups is 2. The normalized spacial score (nSPS) is 14.3. The lowest BCUT2D eigenvalue weighted by atomic mass is 10.0. The van der Waals surface area contributed by atoms with Crippen molar-refractivity contribution in [2.45, 2.75) is 193 Å². The first kappa shape index (κ1) is 51.2. The van der Waals surface area contributed by atoms with Crippen LogP contribution in [0.1, 0.15) is 181 Å². The first-order valence-electron chi connectivity index (χ1n) is 21.0. The molecule has 0 aromatic carbocycles. The molecule has 0 saturated carbocycles. The molecular weight excluding hydrogens is 693 g/mol. The summed E-state index contributed by atoms with van der Waals surface area (Å²) in [4.78, 5) is 33.5. The zero-order valence-corrected chi connectivity index (χ0v) is 34.5. The Bertz CT molecular complexity index is 988. The Hall–Kier alpha value is -1.81. The van der Waals surface area contributed by atoms with E-state index in [-0.39, 0.29) is 13.0 Å². The summed E-state index contributed by atoms with van der Waals surface area (Å²) >= 11 is 0. The number of esters is 1. The van der Waals surface area contributed by atoms with Crippen molar-refractivity contribution in [2.75, 3.05) is 26.4 Å². The summed E-state index contributed by atoms with van der Waals surface area (Å²) in [5, 5.41) is 8.88. The van der Waals surface area contributed by atoms with Crippen LogP contribution in [0, 0.1) is 0 Å². The molecule has 0 aromatic heterocycles. The van der Waals surface area contributed by atoms with Gasteiger partial charge in [-0.05, 0) is 44.9 Å². The first-order valence-corrected chi connectivity index (χ1v) is 22.5. The molecule has 0 aliphatic rings. The second kappa shape index (κ2) is 38.5. The molecule has 0 bridgehead atoms. The molecule has 0 rings (SSSR count). The standard InChI is InChI=1S/C42H78NO9P/c1-3-5-7-9-11-13-15-17-19-20-21-22-24-26-28-30-32-34-41(44)52-39(37-50-53(47,48)51-38-40(43)42(45)46)36-49-35-33-31-29-27-25-23-18-16-14-12-10-8-6-4-2/h5,7,11,13,17,19,39-40H,3-4,6,8-10,12,14-16,18,20-38,43H2,1-2H3,(H,45,46)(H,47,48)/b7-5-,13-11-,19-17-. The third kappa shape index (κ3) is 38.3. The molecule has 0 saturated heterocycles. The molecule has 310 valence electrons. The molecule has 0 radical (unpaired) electrons. The van der Waals surface area contributed by atoms with Crippen LogP contribution in [-0.4, -0.2) is 60.5 Å². The Labute approximate surface area is 323 Å². The molecule has 3 atom stereocenters. The average Bonchev–Trinajstić information content (AvgIpc) is 3.13. The SMILES string of the molecule is CC/C=C\C/C=C\C/C=C\CCCCCCCCCC(=O)OC(COCCCCCCCCCCCCCCCC)COP(=O)(O)OCC(N)C(=O)O. The summed E-state index contributed by atoms with van der Waals surface area (Å²) in [6, 6.07) is -1.47. The minimum atomic E-state index is -4.61. The van der Waals surface area contributed by atoms with Crippen LogP contribution in [0.3, 0.4) is 0 Å². The lowest BCUT2D eigenvalue weighted by Crippen LogP contribution is -2.34. The van der Waals surface area contributed by atoms with E-state index in [4.69, 9.17) is 29.4 Å². The van der Waals surface area contributed by atoms with E-state index in [9.17, 15) is 19.0 Å². The van der Waals surface area contributed by atoms with Gasteiger partial charge in [-0.3, -0.25) is 18.6 Å². The molecule has 53 heavy (non-hydrogen) atoms. The van der Waals surface area contributed by atoms with Crippen LogP contribution in [0.15, 0.2) is 36.5 Å². The molecular formula is C42H78NO9P. The van der Waals surface area contributed by atoms with Crippen molar-refractivity contribution in [3.63, 3.8) is 0 Å². The highest BCUT2D eigenvalue weighted by atomic mass is 31.2. The number of carboxylic acid groups (broad SMARTS) is 1. The van der Waals surface area contributed by atoms with Crippen LogP contribution >= 0.6 is 7.82 Å². The highest BCUT2D eigenvalue weighted by Crippen LogP contribution is 2.43. The number of allylic oxidation sites excluding steroid dienone is 6. The summed E-state index contributed by atoms with van der Waals surface area (Å²) in [6.45, 7) is 3.77. The number of carboxylic acids is 1. The van der Waals surface area contributed by atoms with E-state index in [1.165, 1.54) is 89.9 Å². The third-order valence-electron chi connectivity index (χ3n) is 8.93. The van der Waals surface area contributed by atoms with Crippen LogP contribution in [-0.2, 0) is 32.7 Å². The topological polar surface area (TPSA) is 155 Å². The lowest BCUT2D eigenvalue weighted by molar-refractivity contribution is -0.154. The van der Waals surface area contributed by atoms with E-state index >= 15 is 0 Å². The van der Waals surface area contributed by atoms with Gasteiger partial charge in [-0.15, -0.1) is 0 Å². The number of hydrogen-bond donors (Lipinski definition) is 3. The van der Waals surface area contributed by atoms with Gasteiger partial charge in [0.1, 0.15) is 12.1 Å². The number of phosphoric acid groups is 1. The zero-order chi connectivity index (χ0) is 39.1. The van der Waals surface area contributed by atoms with Crippen LogP contribution in [0.5, 0.6) is 0 Å². The molecule has 10 nitrogen and oxygen atoms in total. The maximum absolute atomic E-state index is 12.6. The van der Waals surface area contributed by atoms with Gasteiger partial charge < -0.3 is 25.2 Å². The highest BCUT2D eigenvalue weighted by molar-refractivity contribution is 7.47. The maximum atomic E-state index is 12.6. The van der Waals surface area contributed by atoms with Gasteiger partial charge in [0.15, 0.2) is 0 Å². The second-order valence-corrected chi connectivity index (χ2v) is 15.5. The van der Waals surface area contributed by atoms with E-state index in [0.29, 0.717) is 13.0 Å². The maximum Gasteiger partial charge on any atom is 0.472 e. The van der Waals surface area contributed by atoms with Gasteiger partial charge in [-0.2, -0.15) is 0 Å². The van der Waals surface area contributed by atoms with Crippen LogP contribution in [0.2, 0.25) is 0 Å². The molecule has 0 aliphatic carbocycles. The summed E-state index contributed by atoms with van der Waals surface area (Å²) in [5.41, 5.74) is 5.35. The molecule has 0 aromatic rings. The van der Waals surface area contributed by atoms with Crippen molar-refractivity contribution in [1.29, 1.82) is 0 Å². The van der Waals surface area contributed by atoms with Crippen molar-refractivity contribution < 1.29 is 42.7 Å². The number of hydrogen-bond acceptors (Lipinski definition) is 8. The Morgan fingerprint density at radius 2 is 1.09 bits per heavy atom. The summed E-state index contributed by atoms with van der Waals surface area (Å²) in [6.07, 6.45) is 41.9. The van der Waals surface area contributed by atoms with Crippen molar-refractivity contribution in [3.8, 4) is 0 Å². The van der Waals surface area contributed by atoms with Crippen molar-refractivity contribution >= 4 is 19.8 Å². The summed E-state index contributed by atoms with van der Waals surface area (Å²) in [7, 11) is -4.61. The minimum Gasteiger partial charge on any atom is -0.480 e. The number of carbonyl (C=O) groups excluding carboxylic acids is 1. The fourth-order valence-electron chi connectivity index (χ4n) is 5.68. The number of rotatable bonds is 40. The van der Waals surface area contributed by atoms with Gasteiger partial charge in [-0.25, -0.2) is 4.57 Å². The molecule has 3 unspecified atom stereocenters. The van der Waals surface area contributed by atoms with Gasteiger partial charge in [0, 0.05) is 13.0 Å². The predicted octanol–water partition coefficient (Wildman–Crippen LogP) is 11.3. The molecule has 0 heterocycles. The molecule has 0 fully saturated rings. The van der Waals surface area contributed by atoms with Gasteiger partial charge in [0.2, 0.25) is 0 Å². The number of phosphoric ester groups is 1. The highest BCUT2D eigenvalue weighted by Gasteiger charge is 2.27. The Kier molecular flexibility index (Phi) is 37.2. The van der Waals surface area contributed by atoms with E-state index in [1.807, 2.05) is 0 Å². The summed E-state index contributed by atoms with van der Waals surface area (Å²) in [5.74, 6) is -1.79. The quantitative estimate of drug-likeness (QED) is 0.0237. The number of ether oxygens (including phenoxy) is 2. The molecule has 0 amide bonds. The lowest BCUT2D eigenvalue weighted by Gasteiger charge is -2.20. The smallest absolute Gasteiger partial charge is 0.472 e. The average molecular weight is 772 g/mol. The van der Waals surface area contributed by atoms with Crippen LogP contribution in [0.4, 0.5) is 0 Å². The number of nitrogens with two attached hydrogens (primary N) is 1. The van der Waals surface area contributed by atoms with Gasteiger partial charge in [0.05, 0.1) is 19.8 Å². The Morgan fingerprint density at radius 3 is 1.64 bits per heavy atom. The van der Waals surface area contributed by atoms with E-state index in [1.54, 1.807) is 0 Å². The number of aliphatic carboxylic acids is 1. The Balaban J connectivity index is 4.26. The van der Waals surface area contributed by atoms with E-state index in [2.05, 4.69) is 50.3 Å². The number of unbranched alkanes of at least 4 members (excludes halogenated alkanes) is 20. The monoisotopic (exact) mass is 772 g/mol. The molecule has 0 spiro atoms. The van der Waals surface area contributed by atoms with E-state index < -0.39 is 45.1 Å². The van der Waals surface area contributed by atoms with Crippen LogP contribution in [0.25, 0.3) is 0 Å². The van der Waals surface area contributed by atoms with Gasteiger partial charge in [0.25, 0.3) is 0 Å². The van der Waals surface area contributed by atoms with Crippen molar-refractivity contribution in [2.24, 2.45) is 5.73 Å². The molecule has 11 heteroatoms. The Morgan fingerprint density at radius 1 is 0.623 bits per heavy atom. The van der Waals surface area contributed by atoms with Crippen LogP contribution < -0.4 is 5.73 Å². The van der Waals surface area contributed by atoms with Crippen molar-refractivity contribution in [1.82, 2.24) is 0 Å². The minimum absolute atomic E-state index is 0.0152. The molecule has 4 N–H and O–H groups in total. The largest absolute Gasteiger partial charge is 0.480 e. The molecule has 0 aliphatic heterocycles. The fourth-order valence-corrected chi connectivity index (χ4v) is 6.45. The second-order valence-electron chi connectivity index (χ2n) is 14.1.